The zero-order valence-electron chi connectivity index (χ0n) is 5.43. The van der Waals surface area contributed by atoms with Crippen molar-refractivity contribution in [3.63, 3.8) is 0 Å². The quantitative estimate of drug-likeness (QED) is 0.540. The lowest BCUT2D eigenvalue weighted by molar-refractivity contribution is 0.235. The van der Waals surface area contributed by atoms with Gasteiger partial charge in [-0.25, -0.2) is 0 Å². The fourth-order valence-corrected chi connectivity index (χ4v) is 0.569. The minimum atomic E-state index is 0.212. The summed E-state index contributed by atoms with van der Waals surface area (Å²) in [5, 5.41) is 8.38. The van der Waals surface area contributed by atoms with E-state index in [9.17, 15) is 0 Å². The van der Waals surface area contributed by atoms with Gasteiger partial charge in [-0.1, -0.05) is 6.92 Å². The maximum Gasteiger partial charge on any atom is 0.0534 e. The lowest BCUT2D eigenvalue weighted by Gasteiger charge is -2.21. The van der Waals surface area contributed by atoms with Crippen LogP contribution in [0.5, 0.6) is 0 Å². The normalized spacial score (nSPS) is 10.5. The van der Waals surface area contributed by atoms with E-state index in [1.807, 2.05) is 4.90 Å². The zero-order valence-corrected chi connectivity index (χ0v) is 5.43. The highest BCUT2D eigenvalue weighted by atomic mass is 16.3. The highest BCUT2D eigenvalue weighted by molar-refractivity contribution is 4.50. The van der Waals surface area contributed by atoms with E-state index in [1.54, 1.807) is 0 Å². The lowest BCUT2D eigenvalue weighted by atomic mass is 10.4. The van der Waals surface area contributed by atoms with E-state index in [4.69, 9.17) is 5.11 Å². The van der Waals surface area contributed by atoms with Crippen molar-refractivity contribution >= 4 is 0 Å². The van der Waals surface area contributed by atoms with E-state index in [0.717, 1.165) is 13.0 Å². The molecule has 0 atom stereocenters. The van der Waals surface area contributed by atoms with Crippen molar-refractivity contribution in [1.29, 1.82) is 0 Å². The first-order valence-corrected chi connectivity index (χ1v) is 2.97. The molecule has 0 rings (SSSR count). The van der Waals surface area contributed by atoms with Crippen LogP contribution in [0.1, 0.15) is 13.3 Å². The van der Waals surface area contributed by atoms with Crippen LogP contribution < -0.4 is 0 Å². The van der Waals surface area contributed by atoms with Crippen molar-refractivity contribution in [2.75, 3.05) is 19.7 Å². The summed E-state index contributed by atoms with van der Waals surface area (Å²) < 4.78 is 0. The SMILES string of the molecule is [CH2-]N(CCC)CCO. The van der Waals surface area contributed by atoms with Crippen molar-refractivity contribution in [3.05, 3.63) is 7.05 Å². The molecule has 0 aromatic rings. The Kier molecular flexibility index (Phi) is 5.01. The number of aliphatic hydroxyl groups is 1. The van der Waals surface area contributed by atoms with Crippen LogP contribution in [0.25, 0.3) is 0 Å². The molecular weight excluding hydrogens is 102 g/mol. The van der Waals surface area contributed by atoms with E-state index in [0.29, 0.717) is 6.54 Å². The van der Waals surface area contributed by atoms with Crippen molar-refractivity contribution in [2.45, 2.75) is 13.3 Å². The summed E-state index contributed by atoms with van der Waals surface area (Å²) >= 11 is 0. The van der Waals surface area contributed by atoms with Gasteiger partial charge < -0.3 is 10.0 Å². The predicted molar refractivity (Wildman–Crippen MR) is 34.3 cm³/mol. The average molecular weight is 116 g/mol. The number of aliphatic hydroxyl groups excluding tert-OH is 1. The smallest absolute Gasteiger partial charge is 0.0534 e. The highest BCUT2D eigenvalue weighted by Crippen LogP contribution is 1.84. The van der Waals surface area contributed by atoms with Crippen molar-refractivity contribution in [1.82, 2.24) is 4.90 Å². The second-order valence-corrected chi connectivity index (χ2v) is 1.84. The molecule has 0 aliphatic carbocycles. The maximum atomic E-state index is 8.38. The molecule has 0 radical (unpaired) electrons. The van der Waals surface area contributed by atoms with E-state index in [-0.39, 0.29) is 6.61 Å². The molecule has 0 aromatic heterocycles. The standard InChI is InChI=1S/C6H14NO/c1-3-4-7(2)5-6-8/h8H,2-6H2,1H3/q-1. The van der Waals surface area contributed by atoms with Gasteiger partial charge >= 0.3 is 0 Å². The average Bonchev–Trinajstić information content (AvgIpc) is 1.68. The van der Waals surface area contributed by atoms with Crippen LogP contribution in [-0.2, 0) is 0 Å². The van der Waals surface area contributed by atoms with Gasteiger partial charge in [0.1, 0.15) is 0 Å². The Bertz CT molecular complexity index is 41.8. The summed E-state index contributed by atoms with van der Waals surface area (Å²) in [4.78, 5) is 1.86. The Morgan fingerprint density at radius 3 is 2.50 bits per heavy atom. The Morgan fingerprint density at radius 1 is 1.50 bits per heavy atom. The van der Waals surface area contributed by atoms with Crippen LogP contribution in [0.2, 0.25) is 0 Å². The van der Waals surface area contributed by atoms with Crippen LogP contribution >= 0.6 is 0 Å². The van der Waals surface area contributed by atoms with Crippen LogP contribution in [0.4, 0.5) is 0 Å². The molecule has 0 amide bonds. The molecule has 0 saturated heterocycles. The third-order valence-corrected chi connectivity index (χ3v) is 0.956. The highest BCUT2D eigenvalue weighted by Gasteiger charge is 1.83. The molecule has 50 valence electrons. The minimum Gasteiger partial charge on any atom is -0.457 e. The van der Waals surface area contributed by atoms with Crippen LogP contribution in [-0.4, -0.2) is 29.7 Å². The summed E-state index contributed by atoms with van der Waals surface area (Å²) in [7, 11) is 3.69. The fourth-order valence-electron chi connectivity index (χ4n) is 0.569. The van der Waals surface area contributed by atoms with E-state index in [2.05, 4.69) is 14.0 Å². The van der Waals surface area contributed by atoms with Crippen molar-refractivity contribution in [3.8, 4) is 0 Å². The van der Waals surface area contributed by atoms with Gasteiger partial charge in [0.15, 0.2) is 0 Å². The van der Waals surface area contributed by atoms with Crippen molar-refractivity contribution < 1.29 is 5.11 Å². The first kappa shape index (κ1) is 7.92. The van der Waals surface area contributed by atoms with Gasteiger partial charge in [0.25, 0.3) is 0 Å². The van der Waals surface area contributed by atoms with Crippen molar-refractivity contribution in [2.24, 2.45) is 0 Å². The van der Waals surface area contributed by atoms with Gasteiger partial charge in [-0.05, 0) is 19.5 Å². The first-order chi connectivity index (χ1) is 3.81. The van der Waals surface area contributed by atoms with E-state index in [1.165, 1.54) is 0 Å². The zero-order chi connectivity index (χ0) is 6.41. The van der Waals surface area contributed by atoms with Crippen LogP contribution in [0, 0.1) is 7.05 Å². The third kappa shape index (κ3) is 4.09. The topological polar surface area (TPSA) is 23.5 Å². The Morgan fingerprint density at radius 2 is 2.12 bits per heavy atom. The molecule has 0 aromatic carbocycles. The predicted octanol–water partition coefficient (Wildman–Crippen LogP) is 0.482. The molecular formula is C6H14NO-. The molecule has 0 fully saturated rings. The molecule has 0 spiro atoms. The maximum absolute atomic E-state index is 8.38. The summed E-state index contributed by atoms with van der Waals surface area (Å²) in [6.45, 7) is 3.97. The van der Waals surface area contributed by atoms with Crippen LogP contribution in [0.15, 0.2) is 0 Å². The van der Waals surface area contributed by atoms with E-state index >= 15 is 0 Å². The van der Waals surface area contributed by atoms with Gasteiger partial charge in [-0.15, -0.1) is 0 Å². The molecule has 8 heavy (non-hydrogen) atoms. The molecule has 0 aliphatic heterocycles. The van der Waals surface area contributed by atoms with Gasteiger partial charge in [-0.3, -0.25) is 7.05 Å². The summed E-state index contributed by atoms with van der Waals surface area (Å²) in [6.07, 6.45) is 1.10. The molecule has 0 saturated carbocycles. The summed E-state index contributed by atoms with van der Waals surface area (Å²) in [6, 6.07) is 0. The van der Waals surface area contributed by atoms with Gasteiger partial charge in [0, 0.05) is 0 Å². The van der Waals surface area contributed by atoms with Gasteiger partial charge in [0.2, 0.25) is 0 Å². The molecule has 1 N–H and O–H groups in total. The van der Waals surface area contributed by atoms with Crippen LogP contribution in [0.3, 0.4) is 0 Å². The Labute approximate surface area is 51.1 Å². The third-order valence-electron chi connectivity index (χ3n) is 0.956. The Hall–Kier alpha value is -0.0800. The number of nitrogens with zero attached hydrogens (tertiary/aromatic N) is 1. The van der Waals surface area contributed by atoms with Gasteiger partial charge in [0.05, 0.1) is 6.61 Å². The summed E-state index contributed by atoms with van der Waals surface area (Å²) in [5.41, 5.74) is 0. The summed E-state index contributed by atoms with van der Waals surface area (Å²) in [5.74, 6) is 0. The second-order valence-electron chi connectivity index (χ2n) is 1.84. The number of hydrogen-bond acceptors (Lipinski definition) is 2. The molecule has 0 unspecified atom stereocenters. The molecule has 0 aliphatic rings. The first-order valence-electron chi connectivity index (χ1n) is 2.97. The van der Waals surface area contributed by atoms with Gasteiger partial charge in [-0.2, -0.15) is 0 Å². The Balaban J connectivity index is 2.92. The number of hydrogen-bond donors (Lipinski definition) is 1. The fraction of sp³-hybridized carbons (Fsp3) is 0.833. The second kappa shape index (κ2) is 5.06. The molecule has 0 heterocycles. The lowest BCUT2D eigenvalue weighted by Crippen LogP contribution is -2.20. The largest absolute Gasteiger partial charge is 0.457 e. The monoisotopic (exact) mass is 116 g/mol. The molecule has 0 bridgehead atoms. The van der Waals surface area contributed by atoms with E-state index < -0.39 is 0 Å². The molecule has 2 heteroatoms. The number of rotatable bonds is 4. The molecule has 2 nitrogen and oxygen atoms in total. The minimum absolute atomic E-state index is 0.212.